The first-order chi connectivity index (χ1) is 15.4. The van der Waals surface area contributed by atoms with Gasteiger partial charge in [0.25, 0.3) is 5.69 Å². The number of ketones is 1. The fraction of sp³-hybridized carbons (Fsp3) is 0.364. The molecule has 0 bridgehead atoms. The van der Waals surface area contributed by atoms with Gasteiger partial charge in [-0.15, -0.1) is 11.3 Å². The highest BCUT2D eigenvalue weighted by Crippen LogP contribution is 2.37. The van der Waals surface area contributed by atoms with E-state index in [-0.39, 0.29) is 24.1 Å². The Morgan fingerprint density at radius 2 is 1.84 bits per heavy atom. The summed E-state index contributed by atoms with van der Waals surface area (Å²) in [5, 5.41) is 23.4. The van der Waals surface area contributed by atoms with Gasteiger partial charge in [-0.25, -0.2) is 0 Å². The average molecular weight is 455 g/mol. The fourth-order valence-electron chi connectivity index (χ4n) is 3.42. The fourth-order valence-corrected chi connectivity index (χ4v) is 4.68. The predicted octanol–water partition coefficient (Wildman–Crippen LogP) is 3.94. The van der Waals surface area contributed by atoms with E-state index < -0.39 is 29.2 Å². The third kappa shape index (κ3) is 5.76. The second kappa shape index (κ2) is 10.6. The summed E-state index contributed by atoms with van der Waals surface area (Å²) in [5.74, 6) is -1.62. The lowest BCUT2D eigenvalue weighted by molar-refractivity contribution is -0.384. The molecule has 1 amide bonds. The number of anilines is 1. The number of esters is 1. The second-order valence-electron chi connectivity index (χ2n) is 7.32. The van der Waals surface area contributed by atoms with E-state index in [2.05, 4.69) is 11.4 Å². The van der Waals surface area contributed by atoms with Crippen molar-refractivity contribution in [3.8, 4) is 6.07 Å². The number of nitrogens with zero attached hydrogens (tertiary/aromatic N) is 2. The summed E-state index contributed by atoms with van der Waals surface area (Å²) in [6.45, 7) is -0.519. The summed E-state index contributed by atoms with van der Waals surface area (Å²) in [6, 6.07) is 7.15. The summed E-state index contributed by atoms with van der Waals surface area (Å²) in [5.41, 5.74) is 1.57. The molecule has 0 spiro atoms. The monoisotopic (exact) mass is 455 g/mol. The van der Waals surface area contributed by atoms with Crippen molar-refractivity contribution in [3.05, 3.63) is 55.9 Å². The number of carbonyl (C=O) groups is 3. The Labute approximate surface area is 188 Å². The number of hydrogen-bond donors (Lipinski definition) is 1. The molecular weight excluding hydrogens is 434 g/mol. The number of ether oxygens (including phenoxy) is 1. The van der Waals surface area contributed by atoms with E-state index in [9.17, 15) is 29.8 Å². The van der Waals surface area contributed by atoms with E-state index in [1.807, 2.05) is 0 Å². The summed E-state index contributed by atoms with van der Waals surface area (Å²) in [4.78, 5) is 47.4. The number of hydrogen-bond acceptors (Lipinski definition) is 8. The van der Waals surface area contributed by atoms with Gasteiger partial charge in [-0.2, -0.15) is 5.26 Å². The lowest BCUT2D eigenvalue weighted by atomic mass is 10.1. The Hall–Kier alpha value is -3.58. The second-order valence-corrected chi connectivity index (χ2v) is 8.42. The Bertz CT molecular complexity index is 1080. The number of nitro groups is 1. The van der Waals surface area contributed by atoms with Crippen molar-refractivity contribution >= 4 is 39.7 Å². The van der Waals surface area contributed by atoms with Crippen LogP contribution in [-0.2, 0) is 27.2 Å². The molecule has 0 saturated heterocycles. The standard InChI is InChI=1S/C22H21N3O6S/c23-12-17-16-4-2-1-3-5-19(16)32-22(17)24-20(27)10-11-21(28)31-13-18(26)14-6-8-15(9-7-14)25(29)30/h6-9H,1-5,10-11,13H2,(H,24,27). The van der Waals surface area contributed by atoms with E-state index in [1.165, 1.54) is 35.6 Å². The molecule has 0 atom stereocenters. The van der Waals surface area contributed by atoms with E-state index in [4.69, 9.17) is 4.74 Å². The topological polar surface area (TPSA) is 139 Å². The zero-order chi connectivity index (χ0) is 23.1. The number of nitro benzene ring substituents is 1. The highest BCUT2D eigenvalue weighted by molar-refractivity contribution is 7.16. The van der Waals surface area contributed by atoms with Gasteiger partial charge in [0.2, 0.25) is 5.91 Å². The van der Waals surface area contributed by atoms with Gasteiger partial charge < -0.3 is 10.1 Å². The Morgan fingerprint density at radius 1 is 1.12 bits per heavy atom. The summed E-state index contributed by atoms with van der Waals surface area (Å²) >= 11 is 1.42. The summed E-state index contributed by atoms with van der Waals surface area (Å²) < 4.78 is 4.91. The quantitative estimate of drug-likeness (QED) is 0.209. The van der Waals surface area contributed by atoms with E-state index in [0.717, 1.165) is 42.5 Å². The molecule has 1 aromatic carbocycles. The number of aryl methyl sites for hydroxylation is 1. The van der Waals surface area contributed by atoms with Gasteiger partial charge in [0.1, 0.15) is 11.1 Å². The molecular formula is C22H21N3O6S. The van der Waals surface area contributed by atoms with Gasteiger partial charge in [-0.3, -0.25) is 24.5 Å². The predicted molar refractivity (Wildman–Crippen MR) is 117 cm³/mol. The number of non-ortho nitro benzene ring substituents is 1. The van der Waals surface area contributed by atoms with Crippen molar-refractivity contribution in [2.45, 2.75) is 44.9 Å². The Kier molecular flexibility index (Phi) is 7.68. The molecule has 3 rings (SSSR count). The molecule has 2 aromatic rings. The molecule has 1 N–H and O–H groups in total. The van der Waals surface area contributed by atoms with E-state index in [0.29, 0.717) is 10.6 Å². The maximum absolute atomic E-state index is 12.3. The van der Waals surface area contributed by atoms with Crippen LogP contribution in [0.2, 0.25) is 0 Å². The van der Waals surface area contributed by atoms with Crippen LogP contribution in [0.15, 0.2) is 24.3 Å². The normalized spacial score (nSPS) is 12.7. The molecule has 1 aromatic heterocycles. The molecule has 32 heavy (non-hydrogen) atoms. The Balaban J connectivity index is 1.47. The van der Waals surface area contributed by atoms with Gasteiger partial charge in [-0.1, -0.05) is 6.42 Å². The number of carbonyl (C=O) groups excluding carboxylic acids is 3. The minimum absolute atomic E-state index is 0.141. The van der Waals surface area contributed by atoms with Crippen LogP contribution in [0.3, 0.4) is 0 Å². The third-order valence-corrected chi connectivity index (χ3v) is 6.31. The van der Waals surface area contributed by atoms with Crippen LogP contribution in [0.25, 0.3) is 0 Å². The summed E-state index contributed by atoms with van der Waals surface area (Å²) in [7, 11) is 0. The smallest absolute Gasteiger partial charge is 0.306 e. The maximum atomic E-state index is 12.3. The van der Waals surface area contributed by atoms with Crippen LogP contribution >= 0.6 is 11.3 Å². The van der Waals surface area contributed by atoms with Crippen molar-refractivity contribution in [2.24, 2.45) is 0 Å². The molecule has 166 valence electrons. The highest BCUT2D eigenvalue weighted by Gasteiger charge is 2.21. The molecule has 10 heteroatoms. The van der Waals surface area contributed by atoms with E-state index >= 15 is 0 Å². The van der Waals surface area contributed by atoms with Gasteiger partial charge >= 0.3 is 5.97 Å². The Morgan fingerprint density at radius 3 is 2.53 bits per heavy atom. The summed E-state index contributed by atoms with van der Waals surface area (Å²) in [6.07, 6.45) is 4.60. The van der Waals surface area contributed by atoms with Crippen molar-refractivity contribution in [2.75, 3.05) is 11.9 Å². The van der Waals surface area contributed by atoms with Gasteiger partial charge in [0.15, 0.2) is 12.4 Å². The number of nitriles is 1. The van der Waals surface area contributed by atoms with Crippen LogP contribution < -0.4 is 5.32 Å². The zero-order valence-corrected chi connectivity index (χ0v) is 18.0. The maximum Gasteiger partial charge on any atom is 0.306 e. The van der Waals surface area contributed by atoms with Crippen LogP contribution in [0.4, 0.5) is 10.7 Å². The van der Waals surface area contributed by atoms with Gasteiger partial charge in [0, 0.05) is 29.0 Å². The molecule has 9 nitrogen and oxygen atoms in total. The van der Waals surface area contributed by atoms with Crippen molar-refractivity contribution < 1.29 is 24.0 Å². The minimum Gasteiger partial charge on any atom is -0.457 e. The third-order valence-electron chi connectivity index (χ3n) is 5.11. The number of rotatable bonds is 8. The van der Waals surface area contributed by atoms with Crippen LogP contribution in [0, 0.1) is 21.4 Å². The first-order valence-electron chi connectivity index (χ1n) is 10.2. The molecule has 0 fully saturated rings. The lowest BCUT2D eigenvalue weighted by Crippen LogP contribution is -2.17. The van der Waals surface area contributed by atoms with E-state index in [1.54, 1.807) is 0 Å². The highest BCUT2D eigenvalue weighted by atomic mass is 32.1. The first kappa shape index (κ1) is 23.1. The largest absolute Gasteiger partial charge is 0.457 e. The molecule has 0 saturated carbocycles. The van der Waals surface area contributed by atoms with Crippen molar-refractivity contribution in [1.82, 2.24) is 0 Å². The number of Topliss-reactive ketones (excluding diaryl/α,β-unsaturated/α-hetero) is 1. The van der Waals surface area contributed by atoms with Crippen molar-refractivity contribution in [3.63, 3.8) is 0 Å². The number of fused-ring (bicyclic) bond motifs is 1. The zero-order valence-electron chi connectivity index (χ0n) is 17.2. The lowest BCUT2D eigenvalue weighted by Gasteiger charge is -2.06. The molecule has 1 heterocycles. The number of nitrogens with one attached hydrogen (secondary N) is 1. The van der Waals surface area contributed by atoms with Crippen LogP contribution in [0.1, 0.15) is 58.5 Å². The van der Waals surface area contributed by atoms with Gasteiger partial charge in [-0.05, 0) is 43.4 Å². The molecule has 0 radical (unpaired) electrons. The van der Waals surface area contributed by atoms with Crippen LogP contribution in [-0.4, -0.2) is 29.2 Å². The number of amides is 1. The number of thiophene rings is 1. The average Bonchev–Trinajstić information content (AvgIpc) is 2.94. The van der Waals surface area contributed by atoms with Crippen LogP contribution in [0.5, 0.6) is 0 Å². The van der Waals surface area contributed by atoms with Crippen molar-refractivity contribution in [1.29, 1.82) is 5.26 Å². The SMILES string of the molecule is N#Cc1c(NC(=O)CCC(=O)OCC(=O)c2ccc([N+](=O)[O-])cc2)sc2c1CCCCC2. The first-order valence-corrected chi connectivity index (χ1v) is 11.0. The molecule has 0 unspecified atom stereocenters. The molecule has 0 aliphatic heterocycles. The van der Waals surface area contributed by atoms with Gasteiger partial charge in [0.05, 0.1) is 16.9 Å². The molecule has 1 aliphatic carbocycles. The minimum atomic E-state index is -0.710. The number of benzene rings is 1. The molecule has 1 aliphatic rings.